The van der Waals surface area contributed by atoms with E-state index in [2.05, 4.69) is 19.2 Å². The van der Waals surface area contributed by atoms with Gasteiger partial charge in [0.1, 0.15) is 0 Å². The van der Waals surface area contributed by atoms with Crippen molar-refractivity contribution in [2.24, 2.45) is 23.5 Å². The zero-order chi connectivity index (χ0) is 16.4. The van der Waals surface area contributed by atoms with Crippen molar-refractivity contribution in [3.63, 3.8) is 0 Å². The Morgan fingerprint density at radius 3 is 2.24 bits per heavy atom. The number of carbonyl (C=O) groups is 2. The lowest BCUT2D eigenvalue weighted by Crippen LogP contribution is -2.43. The second kappa shape index (κ2) is 10.6. The average Bonchev–Trinajstić information content (AvgIpc) is 2.36. The smallest absolute Gasteiger partial charge is 0.305 e. The van der Waals surface area contributed by atoms with Gasteiger partial charge in [0.05, 0.1) is 6.42 Å². The molecule has 0 aliphatic carbocycles. The number of rotatable bonds is 11. The number of carboxylic acid groups (broad SMARTS) is 1. The lowest BCUT2D eigenvalue weighted by atomic mass is 9.84. The molecule has 0 aromatic heterocycles. The Hall–Kier alpha value is -1.10. The van der Waals surface area contributed by atoms with E-state index in [0.29, 0.717) is 18.9 Å². The highest BCUT2D eigenvalue weighted by molar-refractivity contribution is 5.77. The summed E-state index contributed by atoms with van der Waals surface area (Å²) in [4.78, 5) is 23.1. The quantitative estimate of drug-likeness (QED) is 0.546. The van der Waals surface area contributed by atoms with Crippen LogP contribution in [0.25, 0.3) is 0 Å². The molecule has 5 nitrogen and oxygen atoms in total. The van der Waals surface area contributed by atoms with Crippen LogP contribution in [0.4, 0.5) is 0 Å². The van der Waals surface area contributed by atoms with Crippen molar-refractivity contribution < 1.29 is 14.7 Å². The van der Waals surface area contributed by atoms with E-state index in [-0.39, 0.29) is 30.2 Å². The predicted molar refractivity (Wildman–Crippen MR) is 84.9 cm³/mol. The Morgan fingerprint density at radius 1 is 1.14 bits per heavy atom. The minimum Gasteiger partial charge on any atom is -0.481 e. The molecule has 0 saturated carbocycles. The summed E-state index contributed by atoms with van der Waals surface area (Å²) < 4.78 is 0. The minimum absolute atomic E-state index is 0.0216. The van der Waals surface area contributed by atoms with Gasteiger partial charge in [0, 0.05) is 12.5 Å². The molecule has 0 aromatic rings. The molecule has 0 saturated heterocycles. The Labute approximate surface area is 128 Å². The Morgan fingerprint density at radius 2 is 1.76 bits per heavy atom. The minimum atomic E-state index is -0.870. The van der Waals surface area contributed by atoms with Gasteiger partial charge in [-0.05, 0) is 30.7 Å². The van der Waals surface area contributed by atoms with E-state index in [9.17, 15) is 9.59 Å². The van der Waals surface area contributed by atoms with Crippen molar-refractivity contribution in [1.82, 2.24) is 5.32 Å². The first-order valence-electron chi connectivity index (χ1n) is 8.02. The normalized spacial score (nSPS) is 16.8. The van der Waals surface area contributed by atoms with Crippen LogP contribution in [0, 0.1) is 17.8 Å². The fraction of sp³-hybridized carbons (Fsp3) is 0.875. The van der Waals surface area contributed by atoms with Crippen LogP contribution in [0.15, 0.2) is 0 Å². The average molecular weight is 300 g/mol. The molecule has 4 atom stereocenters. The molecule has 1 amide bonds. The number of hydrogen-bond donors (Lipinski definition) is 3. The van der Waals surface area contributed by atoms with Crippen molar-refractivity contribution >= 4 is 11.9 Å². The number of nitrogens with one attached hydrogen (secondary N) is 1. The fourth-order valence-electron chi connectivity index (χ4n) is 2.64. The monoisotopic (exact) mass is 300 g/mol. The molecule has 0 aliphatic heterocycles. The van der Waals surface area contributed by atoms with E-state index in [1.54, 1.807) is 0 Å². The van der Waals surface area contributed by atoms with E-state index < -0.39 is 5.97 Å². The van der Waals surface area contributed by atoms with Gasteiger partial charge in [0.25, 0.3) is 0 Å². The third-order valence-corrected chi connectivity index (χ3v) is 4.21. The van der Waals surface area contributed by atoms with E-state index in [4.69, 9.17) is 10.8 Å². The maximum atomic E-state index is 12.1. The van der Waals surface area contributed by atoms with Crippen LogP contribution in [-0.4, -0.2) is 29.6 Å². The summed E-state index contributed by atoms with van der Waals surface area (Å²) in [7, 11) is 0. The van der Waals surface area contributed by atoms with Crippen molar-refractivity contribution in [3.05, 3.63) is 0 Å². The molecule has 0 aromatic carbocycles. The summed E-state index contributed by atoms with van der Waals surface area (Å²) in [6, 6.07) is -0.304. The topological polar surface area (TPSA) is 92.4 Å². The van der Waals surface area contributed by atoms with Crippen LogP contribution in [0.2, 0.25) is 0 Å². The van der Waals surface area contributed by atoms with Gasteiger partial charge in [-0.25, -0.2) is 0 Å². The summed E-state index contributed by atoms with van der Waals surface area (Å²) in [5.74, 6) is -0.177. The number of nitrogens with two attached hydrogens (primary N) is 1. The van der Waals surface area contributed by atoms with Gasteiger partial charge in [-0.3, -0.25) is 9.59 Å². The molecule has 0 fully saturated rings. The molecule has 124 valence electrons. The summed E-state index contributed by atoms with van der Waals surface area (Å²) in [6.07, 6.45) is 3.29. The number of carbonyl (C=O) groups excluding carboxylic acids is 1. The van der Waals surface area contributed by atoms with Crippen LogP contribution in [0.5, 0.6) is 0 Å². The van der Waals surface area contributed by atoms with E-state index >= 15 is 0 Å². The molecule has 4 unspecified atom stereocenters. The molecule has 0 spiro atoms. The van der Waals surface area contributed by atoms with Gasteiger partial charge in [-0.2, -0.15) is 0 Å². The third-order valence-electron chi connectivity index (χ3n) is 4.21. The van der Waals surface area contributed by atoms with Crippen LogP contribution in [0.3, 0.4) is 0 Å². The Kier molecular flexibility index (Phi) is 10.0. The summed E-state index contributed by atoms with van der Waals surface area (Å²) >= 11 is 0. The second-order valence-electron chi connectivity index (χ2n) is 6.28. The van der Waals surface area contributed by atoms with Crippen LogP contribution in [-0.2, 0) is 9.59 Å². The first kappa shape index (κ1) is 19.9. The zero-order valence-electron chi connectivity index (χ0n) is 13.9. The van der Waals surface area contributed by atoms with Crippen molar-refractivity contribution in [1.29, 1.82) is 0 Å². The molecule has 0 bridgehead atoms. The number of aliphatic carboxylic acids is 1. The first-order valence-corrected chi connectivity index (χ1v) is 8.02. The fourth-order valence-corrected chi connectivity index (χ4v) is 2.64. The zero-order valence-corrected chi connectivity index (χ0v) is 13.9. The highest BCUT2D eigenvalue weighted by Gasteiger charge is 2.26. The molecule has 0 rings (SSSR count). The number of amides is 1. The molecular formula is C16H32N2O3. The highest BCUT2D eigenvalue weighted by Crippen LogP contribution is 2.22. The van der Waals surface area contributed by atoms with E-state index in [1.807, 2.05) is 13.8 Å². The van der Waals surface area contributed by atoms with Crippen molar-refractivity contribution in [2.45, 2.75) is 65.8 Å². The molecule has 21 heavy (non-hydrogen) atoms. The van der Waals surface area contributed by atoms with Gasteiger partial charge in [-0.15, -0.1) is 0 Å². The maximum Gasteiger partial charge on any atom is 0.305 e. The predicted octanol–water partition coefficient (Wildman–Crippen LogP) is 2.39. The number of carboxylic acids is 1. The maximum absolute atomic E-state index is 12.1. The second-order valence-corrected chi connectivity index (χ2v) is 6.28. The van der Waals surface area contributed by atoms with Crippen LogP contribution < -0.4 is 11.1 Å². The molecule has 0 aliphatic rings. The number of hydrogen-bond acceptors (Lipinski definition) is 3. The highest BCUT2D eigenvalue weighted by atomic mass is 16.4. The Balaban J connectivity index is 4.60. The van der Waals surface area contributed by atoms with Crippen molar-refractivity contribution in [3.8, 4) is 0 Å². The molecule has 5 heteroatoms. The van der Waals surface area contributed by atoms with Gasteiger partial charge in [0.2, 0.25) is 5.91 Å². The lowest BCUT2D eigenvalue weighted by molar-refractivity contribution is -0.138. The SMILES string of the molecule is CCCC(C)C(C)C(CC(=O)O)NC(=O)CC(C)CCN. The summed E-state index contributed by atoms with van der Waals surface area (Å²) in [5.41, 5.74) is 5.48. The molecule has 0 heterocycles. The molecule has 4 N–H and O–H groups in total. The van der Waals surface area contributed by atoms with Crippen molar-refractivity contribution in [2.75, 3.05) is 6.54 Å². The van der Waals surface area contributed by atoms with E-state index in [0.717, 1.165) is 19.3 Å². The van der Waals surface area contributed by atoms with Crippen LogP contribution in [0.1, 0.15) is 59.8 Å². The van der Waals surface area contributed by atoms with Crippen LogP contribution >= 0.6 is 0 Å². The van der Waals surface area contributed by atoms with Gasteiger partial charge in [-0.1, -0.05) is 40.5 Å². The molecule has 0 radical (unpaired) electrons. The lowest BCUT2D eigenvalue weighted by Gasteiger charge is -2.29. The molecular weight excluding hydrogens is 268 g/mol. The third kappa shape index (κ3) is 8.71. The largest absolute Gasteiger partial charge is 0.481 e. The first-order chi connectivity index (χ1) is 9.81. The summed E-state index contributed by atoms with van der Waals surface area (Å²) in [5, 5.41) is 12.0. The standard InChI is InChI=1S/C16H32N2O3/c1-5-6-12(3)13(4)14(10-16(20)21)18-15(19)9-11(2)7-8-17/h11-14H,5-10,17H2,1-4H3,(H,18,19)(H,20,21). The van der Waals surface area contributed by atoms with Gasteiger partial charge >= 0.3 is 5.97 Å². The Bertz CT molecular complexity index is 321. The van der Waals surface area contributed by atoms with E-state index in [1.165, 1.54) is 0 Å². The van der Waals surface area contributed by atoms with Gasteiger partial charge < -0.3 is 16.2 Å². The summed E-state index contributed by atoms with van der Waals surface area (Å²) in [6.45, 7) is 8.81. The van der Waals surface area contributed by atoms with Gasteiger partial charge in [0.15, 0.2) is 0 Å².